The third-order valence-electron chi connectivity index (χ3n) is 2.02. The van der Waals surface area contributed by atoms with Gasteiger partial charge in [0.05, 0.1) is 19.8 Å². The van der Waals surface area contributed by atoms with Crippen LogP contribution in [0.3, 0.4) is 0 Å². The van der Waals surface area contributed by atoms with E-state index in [1.54, 1.807) is 12.1 Å². The second-order valence-electron chi connectivity index (χ2n) is 3.39. The maximum absolute atomic E-state index is 12.6. The molecule has 1 rings (SSSR count). The van der Waals surface area contributed by atoms with Gasteiger partial charge in [-0.3, -0.25) is 0 Å². The van der Waals surface area contributed by atoms with E-state index in [1.807, 2.05) is 0 Å². The first-order valence-electron chi connectivity index (χ1n) is 5.60. The maximum Gasteiger partial charge on any atom is 0.123 e. The molecule has 0 aliphatic carbocycles. The van der Waals surface area contributed by atoms with E-state index in [4.69, 9.17) is 14.6 Å². The van der Waals surface area contributed by atoms with Gasteiger partial charge in [0.15, 0.2) is 0 Å². The largest absolute Gasteiger partial charge is 0.491 e. The van der Waals surface area contributed by atoms with Crippen LogP contribution in [0.25, 0.3) is 0 Å². The summed E-state index contributed by atoms with van der Waals surface area (Å²) in [4.78, 5) is 0. The van der Waals surface area contributed by atoms with Crippen molar-refractivity contribution in [3.05, 3.63) is 30.1 Å². The lowest BCUT2D eigenvalue weighted by Gasteiger charge is -2.07. The zero-order valence-corrected chi connectivity index (χ0v) is 9.69. The van der Waals surface area contributed by atoms with Crippen LogP contribution >= 0.6 is 0 Å². The minimum atomic E-state index is -0.274. The standard InChI is InChI=1S/C12H18FNO3/c13-11-1-3-12(4-2-11)17-10-9-16-8-6-14-5-7-15/h1-4,14-15H,5-10H2. The van der Waals surface area contributed by atoms with Crippen molar-refractivity contribution in [3.8, 4) is 5.75 Å². The summed E-state index contributed by atoms with van der Waals surface area (Å²) in [6.45, 7) is 2.91. The van der Waals surface area contributed by atoms with Crippen LogP contribution in [-0.2, 0) is 4.74 Å². The van der Waals surface area contributed by atoms with E-state index in [2.05, 4.69) is 5.32 Å². The Balaban J connectivity index is 1.95. The van der Waals surface area contributed by atoms with Crippen LogP contribution in [0.2, 0.25) is 0 Å². The van der Waals surface area contributed by atoms with Crippen LogP contribution in [0.5, 0.6) is 5.75 Å². The number of aliphatic hydroxyl groups is 1. The lowest BCUT2D eigenvalue weighted by atomic mass is 10.3. The molecule has 1 aromatic carbocycles. The van der Waals surface area contributed by atoms with Crippen molar-refractivity contribution in [2.24, 2.45) is 0 Å². The van der Waals surface area contributed by atoms with E-state index in [1.165, 1.54) is 12.1 Å². The second-order valence-corrected chi connectivity index (χ2v) is 3.39. The highest BCUT2D eigenvalue weighted by Crippen LogP contribution is 2.10. The molecule has 5 heteroatoms. The van der Waals surface area contributed by atoms with Gasteiger partial charge in [0, 0.05) is 13.1 Å². The molecule has 2 N–H and O–H groups in total. The van der Waals surface area contributed by atoms with Gasteiger partial charge in [0.25, 0.3) is 0 Å². The SMILES string of the molecule is OCCNCCOCCOc1ccc(F)cc1. The molecule has 0 saturated heterocycles. The molecule has 0 saturated carbocycles. The van der Waals surface area contributed by atoms with Gasteiger partial charge in [-0.05, 0) is 24.3 Å². The molecule has 0 spiro atoms. The Morgan fingerprint density at radius 2 is 1.82 bits per heavy atom. The van der Waals surface area contributed by atoms with Gasteiger partial charge in [-0.15, -0.1) is 0 Å². The van der Waals surface area contributed by atoms with Crippen LogP contribution < -0.4 is 10.1 Å². The lowest BCUT2D eigenvalue weighted by molar-refractivity contribution is 0.101. The van der Waals surface area contributed by atoms with Crippen molar-refractivity contribution in [1.82, 2.24) is 5.32 Å². The Kier molecular flexibility index (Phi) is 7.29. The van der Waals surface area contributed by atoms with Gasteiger partial charge < -0.3 is 19.9 Å². The predicted molar refractivity (Wildman–Crippen MR) is 62.7 cm³/mol. The molecule has 0 amide bonds. The molecule has 96 valence electrons. The van der Waals surface area contributed by atoms with Crippen LogP contribution in [0.15, 0.2) is 24.3 Å². The molecule has 0 bridgehead atoms. The zero-order valence-electron chi connectivity index (χ0n) is 9.69. The molecule has 0 aromatic heterocycles. The molecule has 0 heterocycles. The maximum atomic E-state index is 12.6. The highest BCUT2D eigenvalue weighted by atomic mass is 19.1. The first-order valence-corrected chi connectivity index (χ1v) is 5.60. The summed E-state index contributed by atoms with van der Waals surface area (Å²) in [5, 5.41) is 11.5. The molecule has 17 heavy (non-hydrogen) atoms. The Morgan fingerprint density at radius 1 is 1.06 bits per heavy atom. The smallest absolute Gasteiger partial charge is 0.123 e. The van der Waals surface area contributed by atoms with E-state index in [0.717, 1.165) is 0 Å². The van der Waals surface area contributed by atoms with Crippen molar-refractivity contribution in [3.63, 3.8) is 0 Å². The highest BCUT2D eigenvalue weighted by molar-refractivity contribution is 5.21. The molecule has 1 aromatic rings. The molecule has 0 fully saturated rings. The molecular weight excluding hydrogens is 225 g/mol. The van der Waals surface area contributed by atoms with Crippen molar-refractivity contribution in [2.45, 2.75) is 0 Å². The summed E-state index contributed by atoms with van der Waals surface area (Å²) in [7, 11) is 0. The second kappa shape index (κ2) is 8.92. The Hall–Kier alpha value is -1.17. The number of ether oxygens (including phenoxy) is 2. The lowest BCUT2D eigenvalue weighted by Crippen LogP contribution is -2.23. The van der Waals surface area contributed by atoms with Crippen molar-refractivity contribution >= 4 is 0 Å². The highest BCUT2D eigenvalue weighted by Gasteiger charge is 1.94. The fraction of sp³-hybridized carbons (Fsp3) is 0.500. The summed E-state index contributed by atoms with van der Waals surface area (Å²) < 4.78 is 23.2. The molecule has 0 unspecified atom stereocenters. The molecule has 0 aliphatic rings. The first kappa shape index (κ1) is 13.9. The van der Waals surface area contributed by atoms with Crippen LogP contribution in [0.1, 0.15) is 0 Å². The van der Waals surface area contributed by atoms with Gasteiger partial charge >= 0.3 is 0 Å². The number of nitrogens with one attached hydrogen (secondary N) is 1. The first-order chi connectivity index (χ1) is 8.33. The number of rotatable bonds is 9. The fourth-order valence-corrected chi connectivity index (χ4v) is 1.20. The minimum Gasteiger partial charge on any atom is -0.491 e. The number of aliphatic hydroxyl groups excluding tert-OH is 1. The van der Waals surface area contributed by atoms with Crippen molar-refractivity contribution in [2.75, 3.05) is 39.5 Å². The van der Waals surface area contributed by atoms with E-state index < -0.39 is 0 Å². The van der Waals surface area contributed by atoms with E-state index >= 15 is 0 Å². The molecular formula is C12H18FNO3. The third-order valence-corrected chi connectivity index (χ3v) is 2.02. The fourth-order valence-electron chi connectivity index (χ4n) is 1.20. The van der Waals surface area contributed by atoms with Gasteiger partial charge in [0.2, 0.25) is 0 Å². The Labute approximate surface area is 100 Å². The molecule has 0 atom stereocenters. The van der Waals surface area contributed by atoms with E-state index in [9.17, 15) is 4.39 Å². The summed E-state index contributed by atoms with van der Waals surface area (Å²) in [6, 6.07) is 5.88. The number of benzene rings is 1. The summed E-state index contributed by atoms with van der Waals surface area (Å²) >= 11 is 0. The van der Waals surface area contributed by atoms with E-state index in [0.29, 0.717) is 38.7 Å². The normalized spacial score (nSPS) is 10.5. The summed E-state index contributed by atoms with van der Waals surface area (Å²) in [5.41, 5.74) is 0. The average molecular weight is 243 g/mol. The summed E-state index contributed by atoms with van der Waals surface area (Å²) in [5.74, 6) is 0.358. The molecule has 0 aliphatic heterocycles. The van der Waals surface area contributed by atoms with Crippen molar-refractivity contribution in [1.29, 1.82) is 0 Å². The topological polar surface area (TPSA) is 50.7 Å². The quantitative estimate of drug-likeness (QED) is 0.630. The summed E-state index contributed by atoms with van der Waals surface area (Å²) in [6.07, 6.45) is 0. The third kappa shape index (κ3) is 6.88. The van der Waals surface area contributed by atoms with Gasteiger partial charge in [-0.1, -0.05) is 0 Å². The Morgan fingerprint density at radius 3 is 2.53 bits per heavy atom. The zero-order chi connectivity index (χ0) is 12.3. The predicted octanol–water partition coefficient (Wildman–Crippen LogP) is 0.803. The van der Waals surface area contributed by atoms with Gasteiger partial charge in [-0.25, -0.2) is 4.39 Å². The van der Waals surface area contributed by atoms with Crippen LogP contribution in [0, 0.1) is 5.82 Å². The monoisotopic (exact) mass is 243 g/mol. The average Bonchev–Trinajstić information content (AvgIpc) is 2.35. The van der Waals surface area contributed by atoms with E-state index in [-0.39, 0.29) is 12.4 Å². The van der Waals surface area contributed by atoms with Crippen LogP contribution in [0.4, 0.5) is 4.39 Å². The molecule has 0 radical (unpaired) electrons. The number of hydrogen-bond donors (Lipinski definition) is 2. The van der Waals surface area contributed by atoms with Crippen LogP contribution in [-0.4, -0.2) is 44.6 Å². The molecule has 4 nitrogen and oxygen atoms in total. The van der Waals surface area contributed by atoms with Gasteiger partial charge in [-0.2, -0.15) is 0 Å². The minimum absolute atomic E-state index is 0.133. The number of halogens is 1. The van der Waals surface area contributed by atoms with Gasteiger partial charge in [0.1, 0.15) is 18.2 Å². The van der Waals surface area contributed by atoms with Crippen molar-refractivity contribution < 1.29 is 19.0 Å². The number of hydrogen-bond acceptors (Lipinski definition) is 4. The Bertz CT molecular complexity index is 292.